The van der Waals surface area contributed by atoms with Gasteiger partial charge in [0.15, 0.2) is 0 Å². The first-order chi connectivity index (χ1) is 10.4. The summed E-state index contributed by atoms with van der Waals surface area (Å²) < 4.78 is 0. The minimum absolute atomic E-state index is 0.136. The highest BCUT2D eigenvalue weighted by molar-refractivity contribution is 5.60. The van der Waals surface area contributed by atoms with Crippen molar-refractivity contribution in [3.63, 3.8) is 0 Å². The zero-order valence-electron chi connectivity index (χ0n) is 14.7. The standard InChI is InChI=1S/C20H34O2/c1-15(10-13-21)6-8-17-16(2)7-9-18-19(3,14-22)11-5-12-20(17,18)4/h14-15,17-18,21H,2,5-13H2,1,3-4H3/t15-,17-,18-,19+,20+/m0/s1. The number of carbonyl (C=O) groups excluding carboxylic acids is 1. The minimum Gasteiger partial charge on any atom is -0.396 e. The lowest BCUT2D eigenvalue weighted by Crippen LogP contribution is -2.51. The Morgan fingerprint density at radius 3 is 2.73 bits per heavy atom. The van der Waals surface area contributed by atoms with Crippen molar-refractivity contribution in [2.75, 3.05) is 6.61 Å². The molecule has 5 atom stereocenters. The van der Waals surface area contributed by atoms with Crippen molar-refractivity contribution in [2.45, 2.75) is 72.1 Å². The van der Waals surface area contributed by atoms with Gasteiger partial charge in [0, 0.05) is 12.0 Å². The van der Waals surface area contributed by atoms with Crippen LogP contribution in [0.2, 0.25) is 0 Å². The van der Waals surface area contributed by atoms with Crippen LogP contribution >= 0.6 is 0 Å². The first kappa shape index (κ1) is 17.7. The van der Waals surface area contributed by atoms with Crippen LogP contribution in [0.5, 0.6) is 0 Å². The van der Waals surface area contributed by atoms with Gasteiger partial charge in [-0.3, -0.25) is 0 Å². The van der Waals surface area contributed by atoms with E-state index in [2.05, 4.69) is 27.4 Å². The van der Waals surface area contributed by atoms with E-state index >= 15 is 0 Å². The average Bonchev–Trinajstić information content (AvgIpc) is 2.46. The fourth-order valence-corrected chi connectivity index (χ4v) is 5.49. The maximum absolute atomic E-state index is 11.8. The van der Waals surface area contributed by atoms with Crippen LogP contribution in [-0.4, -0.2) is 18.0 Å². The van der Waals surface area contributed by atoms with Crippen molar-refractivity contribution in [3.05, 3.63) is 12.2 Å². The van der Waals surface area contributed by atoms with Crippen LogP contribution in [0.1, 0.15) is 72.1 Å². The molecule has 2 heteroatoms. The molecular formula is C20H34O2. The van der Waals surface area contributed by atoms with Crippen molar-refractivity contribution in [1.82, 2.24) is 0 Å². The van der Waals surface area contributed by atoms with Gasteiger partial charge in [0.05, 0.1) is 0 Å². The second kappa shape index (κ2) is 6.86. The normalized spacial score (nSPS) is 40.1. The number of rotatable bonds is 6. The Morgan fingerprint density at radius 2 is 2.09 bits per heavy atom. The Morgan fingerprint density at radius 1 is 1.36 bits per heavy atom. The highest BCUT2D eigenvalue weighted by Gasteiger charge is 2.54. The molecule has 1 N–H and O–H groups in total. The van der Waals surface area contributed by atoms with Gasteiger partial charge in [-0.2, -0.15) is 0 Å². The van der Waals surface area contributed by atoms with Gasteiger partial charge in [-0.05, 0) is 61.7 Å². The molecule has 2 aliphatic rings. The molecule has 2 saturated carbocycles. The molecule has 0 amide bonds. The van der Waals surface area contributed by atoms with Crippen molar-refractivity contribution >= 4 is 6.29 Å². The van der Waals surface area contributed by atoms with Crippen LogP contribution in [0.25, 0.3) is 0 Å². The summed E-state index contributed by atoms with van der Waals surface area (Å²) in [6.45, 7) is 11.5. The summed E-state index contributed by atoms with van der Waals surface area (Å²) in [4.78, 5) is 11.8. The number of hydrogen-bond donors (Lipinski definition) is 1. The molecule has 2 nitrogen and oxygen atoms in total. The smallest absolute Gasteiger partial charge is 0.126 e. The predicted molar refractivity (Wildman–Crippen MR) is 91.6 cm³/mol. The summed E-state index contributed by atoms with van der Waals surface area (Å²) >= 11 is 0. The average molecular weight is 306 g/mol. The van der Waals surface area contributed by atoms with Crippen molar-refractivity contribution in [1.29, 1.82) is 0 Å². The van der Waals surface area contributed by atoms with Crippen LogP contribution < -0.4 is 0 Å². The number of aldehydes is 1. The topological polar surface area (TPSA) is 37.3 Å². The zero-order chi connectivity index (χ0) is 16.4. The molecule has 0 aromatic heterocycles. The molecule has 0 unspecified atom stereocenters. The van der Waals surface area contributed by atoms with E-state index in [-0.39, 0.29) is 17.4 Å². The number of hydrogen-bond acceptors (Lipinski definition) is 2. The largest absolute Gasteiger partial charge is 0.396 e. The van der Waals surface area contributed by atoms with E-state index in [1.165, 1.54) is 24.7 Å². The molecule has 0 heterocycles. The lowest BCUT2D eigenvalue weighted by atomic mass is 9.47. The molecule has 0 saturated heterocycles. The second-order valence-corrected chi connectivity index (χ2v) is 8.48. The van der Waals surface area contributed by atoms with Crippen LogP contribution in [0.3, 0.4) is 0 Å². The predicted octanol–water partition coefficient (Wildman–Crippen LogP) is 4.76. The second-order valence-electron chi connectivity index (χ2n) is 8.48. The summed E-state index contributed by atoms with van der Waals surface area (Å²) in [5.41, 5.74) is 1.51. The van der Waals surface area contributed by atoms with Gasteiger partial charge < -0.3 is 9.90 Å². The summed E-state index contributed by atoms with van der Waals surface area (Å²) in [5.74, 6) is 1.63. The van der Waals surface area contributed by atoms with Crippen LogP contribution in [0.4, 0.5) is 0 Å². The summed E-state index contributed by atoms with van der Waals surface area (Å²) in [6.07, 6.45) is 10.1. The van der Waals surface area contributed by atoms with Gasteiger partial charge in [0.25, 0.3) is 0 Å². The van der Waals surface area contributed by atoms with E-state index in [4.69, 9.17) is 5.11 Å². The number of fused-ring (bicyclic) bond motifs is 1. The Kier molecular flexibility index (Phi) is 5.53. The SMILES string of the molecule is C=C1CC[C@@H]2[C@](C)(CCC[C@]2(C)C=O)[C@H]1CC[C@H](C)CCO. The maximum atomic E-state index is 11.8. The number of aliphatic hydroxyl groups is 1. The van der Waals surface area contributed by atoms with Gasteiger partial charge in [-0.15, -0.1) is 0 Å². The van der Waals surface area contributed by atoms with Crippen molar-refractivity contribution < 1.29 is 9.90 Å². The molecule has 2 aliphatic carbocycles. The van der Waals surface area contributed by atoms with Gasteiger partial charge in [0.2, 0.25) is 0 Å². The molecule has 0 aliphatic heterocycles. The molecule has 0 aromatic carbocycles. The number of allylic oxidation sites excluding steroid dienone is 1. The zero-order valence-corrected chi connectivity index (χ0v) is 14.7. The van der Waals surface area contributed by atoms with E-state index in [0.29, 0.717) is 17.8 Å². The van der Waals surface area contributed by atoms with Crippen molar-refractivity contribution in [2.24, 2.45) is 28.6 Å². The Bertz CT molecular complexity index is 416. The molecular weight excluding hydrogens is 272 g/mol. The van der Waals surface area contributed by atoms with Gasteiger partial charge >= 0.3 is 0 Å². The van der Waals surface area contributed by atoms with E-state index in [1.54, 1.807) is 0 Å². The fourth-order valence-electron chi connectivity index (χ4n) is 5.49. The third kappa shape index (κ3) is 3.18. The molecule has 22 heavy (non-hydrogen) atoms. The number of carbonyl (C=O) groups is 1. The quantitative estimate of drug-likeness (QED) is 0.567. The molecule has 0 radical (unpaired) electrons. The van der Waals surface area contributed by atoms with E-state index in [0.717, 1.165) is 38.5 Å². The Labute approximate surface area is 136 Å². The highest BCUT2D eigenvalue weighted by Crippen LogP contribution is 2.61. The lowest BCUT2D eigenvalue weighted by molar-refractivity contribution is -0.130. The first-order valence-corrected chi connectivity index (χ1v) is 9.12. The number of aliphatic hydroxyl groups excluding tert-OH is 1. The Hall–Kier alpha value is -0.630. The highest BCUT2D eigenvalue weighted by atomic mass is 16.3. The van der Waals surface area contributed by atoms with E-state index in [1.807, 2.05) is 0 Å². The molecule has 0 spiro atoms. The van der Waals surface area contributed by atoms with E-state index in [9.17, 15) is 4.79 Å². The molecule has 2 rings (SSSR count). The molecule has 126 valence electrons. The summed E-state index contributed by atoms with van der Waals surface area (Å²) in [6, 6.07) is 0. The molecule has 2 fully saturated rings. The molecule has 0 aromatic rings. The minimum atomic E-state index is -0.136. The summed E-state index contributed by atoms with van der Waals surface area (Å²) in [5, 5.41) is 9.11. The fraction of sp³-hybridized carbons (Fsp3) is 0.850. The van der Waals surface area contributed by atoms with Gasteiger partial charge in [-0.25, -0.2) is 0 Å². The first-order valence-electron chi connectivity index (χ1n) is 9.12. The maximum Gasteiger partial charge on any atom is 0.126 e. The van der Waals surface area contributed by atoms with Gasteiger partial charge in [0.1, 0.15) is 6.29 Å². The van der Waals surface area contributed by atoms with Crippen LogP contribution in [-0.2, 0) is 4.79 Å². The monoisotopic (exact) mass is 306 g/mol. The molecule has 0 bridgehead atoms. The van der Waals surface area contributed by atoms with Gasteiger partial charge in [-0.1, -0.05) is 45.8 Å². The lowest BCUT2D eigenvalue weighted by Gasteiger charge is -2.57. The van der Waals surface area contributed by atoms with E-state index < -0.39 is 0 Å². The van der Waals surface area contributed by atoms with Crippen molar-refractivity contribution in [3.8, 4) is 0 Å². The third-order valence-corrected chi connectivity index (χ3v) is 6.91. The van der Waals surface area contributed by atoms with Crippen LogP contribution in [0.15, 0.2) is 12.2 Å². The summed E-state index contributed by atoms with van der Waals surface area (Å²) in [7, 11) is 0. The third-order valence-electron chi connectivity index (χ3n) is 6.91. The van der Waals surface area contributed by atoms with Crippen LogP contribution in [0, 0.1) is 28.6 Å². The Balaban J connectivity index is 2.17.